The van der Waals surface area contributed by atoms with Crippen LogP contribution in [0.15, 0.2) is 36.4 Å². The molecule has 0 atom stereocenters. The van der Waals surface area contributed by atoms with Gasteiger partial charge in [0.1, 0.15) is 18.1 Å². The first-order valence-electron chi connectivity index (χ1n) is 6.36. The van der Waals surface area contributed by atoms with Gasteiger partial charge in [-0.15, -0.1) is 0 Å². The molecule has 2 N–H and O–H groups in total. The van der Waals surface area contributed by atoms with E-state index in [2.05, 4.69) is 6.07 Å². The molecule has 5 heteroatoms. The molecule has 2 rings (SSSR count). The third kappa shape index (κ3) is 3.66. The molecule has 0 aliphatic heterocycles. The van der Waals surface area contributed by atoms with Crippen LogP contribution < -0.4 is 15.2 Å². The van der Waals surface area contributed by atoms with E-state index in [0.717, 1.165) is 11.1 Å². The summed E-state index contributed by atoms with van der Waals surface area (Å²) in [4.78, 5) is 0. The Morgan fingerprint density at radius 1 is 1.19 bits per heavy atom. The quantitative estimate of drug-likeness (QED) is 0.920. The fourth-order valence-corrected chi connectivity index (χ4v) is 2.16. The third-order valence-corrected chi connectivity index (χ3v) is 3.32. The van der Waals surface area contributed by atoms with Crippen LogP contribution in [-0.2, 0) is 13.2 Å². The monoisotopic (exact) mass is 302 g/mol. The van der Waals surface area contributed by atoms with E-state index in [1.165, 1.54) is 0 Å². The predicted octanol–water partition coefficient (Wildman–Crippen LogP) is 3.26. The van der Waals surface area contributed by atoms with Gasteiger partial charge in [0.25, 0.3) is 0 Å². The number of hydrogen-bond donors (Lipinski definition) is 1. The Hall–Kier alpha value is -2.22. The minimum Gasteiger partial charge on any atom is -0.496 e. The summed E-state index contributed by atoms with van der Waals surface area (Å²) in [6, 6.07) is 12.7. The molecule has 0 fully saturated rings. The van der Waals surface area contributed by atoms with Crippen LogP contribution in [0.3, 0.4) is 0 Å². The summed E-state index contributed by atoms with van der Waals surface area (Å²) >= 11 is 6.14. The molecule has 2 aromatic rings. The van der Waals surface area contributed by atoms with E-state index in [9.17, 15) is 0 Å². The first-order chi connectivity index (χ1) is 10.2. The smallest absolute Gasteiger partial charge is 0.138 e. The van der Waals surface area contributed by atoms with Crippen LogP contribution in [-0.4, -0.2) is 7.11 Å². The molecular weight excluding hydrogens is 288 g/mol. The third-order valence-electron chi connectivity index (χ3n) is 3.02. The Morgan fingerprint density at radius 2 is 1.95 bits per heavy atom. The average Bonchev–Trinajstić information content (AvgIpc) is 2.53. The average molecular weight is 303 g/mol. The van der Waals surface area contributed by atoms with Crippen LogP contribution in [0.4, 0.5) is 0 Å². The lowest BCUT2D eigenvalue weighted by atomic mass is 10.1. The number of hydrogen-bond acceptors (Lipinski definition) is 4. The fourth-order valence-electron chi connectivity index (χ4n) is 1.90. The van der Waals surface area contributed by atoms with Crippen molar-refractivity contribution in [2.45, 2.75) is 13.2 Å². The molecule has 0 spiro atoms. The summed E-state index contributed by atoms with van der Waals surface area (Å²) in [5.74, 6) is 1.24. The van der Waals surface area contributed by atoms with E-state index < -0.39 is 0 Å². The summed E-state index contributed by atoms with van der Waals surface area (Å²) < 4.78 is 11.0. The van der Waals surface area contributed by atoms with Gasteiger partial charge in [0.2, 0.25) is 0 Å². The first-order valence-corrected chi connectivity index (χ1v) is 6.74. The van der Waals surface area contributed by atoms with Gasteiger partial charge in [-0.05, 0) is 35.9 Å². The summed E-state index contributed by atoms with van der Waals surface area (Å²) in [5, 5.41) is 9.46. The van der Waals surface area contributed by atoms with Gasteiger partial charge in [-0.3, -0.25) is 0 Å². The van der Waals surface area contributed by atoms with Crippen molar-refractivity contribution < 1.29 is 9.47 Å². The first kappa shape index (κ1) is 15.2. The predicted molar refractivity (Wildman–Crippen MR) is 81.4 cm³/mol. The number of nitrogens with two attached hydrogens (primary N) is 1. The molecule has 0 saturated carbocycles. The molecule has 0 unspecified atom stereocenters. The van der Waals surface area contributed by atoms with E-state index in [4.69, 9.17) is 32.1 Å². The molecule has 0 aliphatic carbocycles. The number of methoxy groups -OCH3 is 1. The summed E-state index contributed by atoms with van der Waals surface area (Å²) in [6.45, 7) is 0.693. The maximum absolute atomic E-state index is 8.95. The lowest BCUT2D eigenvalue weighted by molar-refractivity contribution is 0.297. The van der Waals surface area contributed by atoms with E-state index in [1.807, 2.05) is 6.07 Å². The Kier molecular flexibility index (Phi) is 5.04. The van der Waals surface area contributed by atoms with Crippen molar-refractivity contribution in [2.75, 3.05) is 7.11 Å². The SMILES string of the molecule is COc1ccc(C#N)cc1COc1ccc(CN)cc1Cl. The van der Waals surface area contributed by atoms with E-state index in [-0.39, 0.29) is 6.61 Å². The minimum absolute atomic E-state index is 0.264. The van der Waals surface area contributed by atoms with Crippen LogP contribution >= 0.6 is 11.6 Å². The van der Waals surface area contributed by atoms with Crippen molar-refractivity contribution in [3.05, 3.63) is 58.1 Å². The fraction of sp³-hybridized carbons (Fsp3) is 0.188. The van der Waals surface area contributed by atoms with Crippen molar-refractivity contribution in [1.82, 2.24) is 0 Å². The van der Waals surface area contributed by atoms with Gasteiger partial charge in [-0.25, -0.2) is 0 Å². The van der Waals surface area contributed by atoms with Gasteiger partial charge in [0.15, 0.2) is 0 Å². The number of nitriles is 1. The van der Waals surface area contributed by atoms with E-state index in [0.29, 0.717) is 28.6 Å². The highest BCUT2D eigenvalue weighted by Gasteiger charge is 2.08. The Morgan fingerprint density at radius 3 is 2.57 bits per heavy atom. The summed E-state index contributed by atoms with van der Waals surface area (Å²) in [7, 11) is 1.58. The normalized spacial score (nSPS) is 10.0. The molecule has 21 heavy (non-hydrogen) atoms. The molecule has 0 radical (unpaired) electrons. The number of ether oxygens (including phenoxy) is 2. The highest BCUT2D eigenvalue weighted by molar-refractivity contribution is 6.32. The van der Waals surface area contributed by atoms with Gasteiger partial charge in [0, 0.05) is 12.1 Å². The van der Waals surface area contributed by atoms with Crippen molar-refractivity contribution in [1.29, 1.82) is 5.26 Å². The van der Waals surface area contributed by atoms with Crippen LogP contribution in [0.1, 0.15) is 16.7 Å². The molecule has 2 aromatic carbocycles. The highest BCUT2D eigenvalue weighted by atomic mass is 35.5. The second-order valence-electron chi connectivity index (χ2n) is 4.40. The van der Waals surface area contributed by atoms with Crippen molar-refractivity contribution >= 4 is 11.6 Å². The van der Waals surface area contributed by atoms with Crippen LogP contribution in [0.2, 0.25) is 5.02 Å². The lowest BCUT2D eigenvalue weighted by Gasteiger charge is -2.12. The second kappa shape index (κ2) is 6.98. The molecule has 0 bridgehead atoms. The molecular formula is C16H15ClN2O2. The van der Waals surface area contributed by atoms with Gasteiger partial charge in [-0.1, -0.05) is 17.7 Å². The zero-order valence-electron chi connectivity index (χ0n) is 11.6. The zero-order valence-corrected chi connectivity index (χ0v) is 12.4. The van der Waals surface area contributed by atoms with Gasteiger partial charge in [-0.2, -0.15) is 5.26 Å². The largest absolute Gasteiger partial charge is 0.496 e. The topological polar surface area (TPSA) is 68.3 Å². The van der Waals surface area contributed by atoms with Crippen LogP contribution in [0.25, 0.3) is 0 Å². The van der Waals surface area contributed by atoms with Gasteiger partial charge >= 0.3 is 0 Å². The lowest BCUT2D eigenvalue weighted by Crippen LogP contribution is -2.01. The molecule has 0 saturated heterocycles. The molecule has 0 heterocycles. The zero-order chi connectivity index (χ0) is 15.2. The summed E-state index contributed by atoms with van der Waals surface area (Å²) in [5.41, 5.74) is 7.84. The Balaban J connectivity index is 2.18. The van der Waals surface area contributed by atoms with E-state index in [1.54, 1.807) is 37.4 Å². The number of rotatable bonds is 5. The summed E-state index contributed by atoms with van der Waals surface area (Å²) in [6.07, 6.45) is 0. The maximum Gasteiger partial charge on any atom is 0.138 e. The molecule has 108 valence electrons. The van der Waals surface area contributed by atoms with Crippen molar-refractivity contribution in [3.8, 4) is 17.6 Å². The molecule has 0 aliphatic rings. The van der Waals surface area contributed by atoms with Gasteiger partial charge < -0.3 is 15.2 Å². The van der Waals surface area contributed by atoms with Crippen molar-refractivity contribution in [2.24, 2.45) is 5.73 Å². The second-order valence-corrected chi connectivity index (χ2v) is 4.80. The van der Waals surface area contributed by atoms with Gasteiger partial charge in [0.05, 0.1) is 23.8 Å². The molecule has 4 nitrogen and oxygen atoms in total. The highest BCUT2D eigenvalue weighted by Crippen LogP contribution is 2.28. The Bertz CT molecular complexity index is 680. The number of halogens is 1. The van der Waals surface area contributed by atoms with E-state index >= 15 is 0 Å². The number of nitrogens with zero attached hydrogens (tertiary/aromatic N) is 1. The van der Waals surface area contributed by atoms with Crippen LogP contribution in [0, 0.1) is 11.3 Å². The Labute approximate surface area is 128 Å². The molecule has 0 amide bonds. The standard InChI is InChI=1S/C16H15ClN2O2/c1-20-15-4-2-11(8-18)6-13(15)10-21-16-5-3-12(9-19)7-14(16)17/h2-7H,9-10,19H2,1H3. The minimum atomic E-state index is 0.264. The van der Waals surface area contributed by atoms with Crippen molar-refractivity contribution in [3.63, 3.8) is 0 Å². The van der Waals surface area contributed by atoms with Crippen LogP contribution in [0.5, 0.6) is 11.5 Å². The maximum atomic E-state index is 8.95. The number of benzene rings is 2. The molecule has 0 aromatic heterocycles.